The van der Waals surface area contributed by atoms with Crippen molar-refractivity contribution in [3.8, 4) is 16.2 Å². The first kappa shape index (κ1) is 21.2. The monoisotopic (exact) mass is 456 g/mol. The quantitative estimate of drug-likeness (QED) is 0.425. The molecule has 0 spiro atoms. The summed E-state index contributed by atoms with van der Waals surface area (Å²) in [5.74, 6) is 0.445. The second-order valence-electron chi connectivity index (χ2n) is 7.55. The largest absolute Gasteiger partial charge is 0.508 e. The molecule has 0 aliphatic carbocycles. The molecule has 1 aliphatic rings. The lowest BCUT2D eigenvalue weighted by molar-refractivity contribution is -0.130. The van der Waals surface area contributed by atoms with Gasteiger partial charge in [0.05, 0.1) is 4.88 Å². The Hall–Kier alpha value is -2.06. The van der Waals surface area contributed by atoms with Gasteiger partial charge in [0.25, 0.3) is 0 Å². The molecule has 4 nitrogen and oxygen atoms in total. The summed E-state index contributed by atoms with van der Waals surface area (Å²) in [5, 5.41) is 10.5. The maximum absolute atomic E-state index is 11.5. The lowest BCUT2D eigenvalue weighted by atomic mass is 10.0. The molecule has 4 rings (SSSR count). The highest BCUT2D eigenvalue weighted by molar-refractivity contribution is 7.80. The number of rotatable bonds is 5. The maximum Gasteiger partial charge on any atom is 0.219 e. The molecular weight excluding hydrogens is 432 g/mol. The molecule has 0 atom stereocenters. The van der Waals surface area contributed by atoms with Gasteiger partial charge in [-0.05, 0) is 29.3 Å². The Labute approximate surface area is 189 Å². The van der Waals surface area contributed by atoms with Crippen molar-refractivity contribution in [2.24, 2.45) is 0 Å². The molecule has 2 heterocycles. The van der Waals surface area contributed by atoms with Crippen LogP contribution in [0.15, 0.2) is 48.5 Å². The van der Waals surface area contributed by atoms with Gasteiger partial charge >= 0.3 is 0 Å². The van der Waals surface area contributed by atoms with E-state index in [4.69, 9.17) is 12.2 Å². The summed E-state index contributed by atoms with van der Waals surface area (Å²) in [6.45, 7) is 5.41. The number of phenolic OH excluding ortho intramolecular Hbond substituents is 1. The van der Waals surface area contributed by atoms with E-state index in [-0.39, 0.29) is 5.91 Å². The summed E-state index contributed by atoms with van der Waals surface area (Å²) < 4.78 is 0.939. The molecule has 1 N–H and O–H groups in total. The predicted molar refractivity (Wildman–Crippen MR) is 127 cm³/mol. The van der Waals surface area contributed by atoms with Gasteiger partial charge in [0, 0.05) is 57.2 Å². The van der Waals surface area contributed by atoms with E-state index < -0.39 is 0 Å². The van der Waals surface area contributed by atoms with Crippen molar-refractivity contribution in [3.63, 3.8) is 0 Å². The summed E-state index contributed by atoms with van der Waals surface area (Å²) in [6, 6.07) is 16.3. The Morgan fingerprint density at radius 3 is 2.50 bits per heavy atom. The van der Waals surface area contributed by atoms with Gasteiger partial charge in [-0.1, -0.05) is 63.2 Å². The zero-order valence-corrected chi connectivity index (χ0v) is 19.3. The summed E-state index contributed by atoms with van der Waals surface area (Å²) in [5.41, 5.74) is 4.46. The van der Waals surface area contributed by atoms with Crippen LogP contribution in [0.25, 0.3) is 10.4 Å². The Kier molecular flexibility index (Phi) is 6.63. The number of hydrogen-bond acceptors (Lipinski definition) is 6. The van der Waals surface area contributed by atoms with Gasteiger partial charge in [-0.3, -0.25) is 9.69 Å². The van der Waals surface area contributed by atoms with E-state index in [1.54, 1.807) is 33.7 Å². The number of phenols is 1. The van der Waals surface area contributed by atoms with Crippen LogP contribution in [0.5, 0.6) is 5.75 Å². The van der Waals surface area contributed by atoms with Crippen molar-refractivity contribution in [3.05, 3.63) is 69.0 Å². The van der Waals surface area contributed by atoms with Gasteiger partial charge in [0.1, 0.15) is 9.57 Å². The number of benzene rings is 2. The van der Waals surface area contributed by atoms with E-state index in [0.717, 1.165) is 47.6 Å². The van der Waals surface area contributed by atoms with Crippen LogP contribution in [-0.4, -0.2) is 47.0 Å². The van der Waals surface area contributed by atoms with Crippen LogP contribution >= 0.6 is 32.9 Å². The standard InChI is InChI=1S/C23H24N2O2S3/c1-16(26)25-11-9-24(10-12-25)15-19-14-18(7-8-21(19)27)22-20(23(28)30-29-22)13-17-5-3-2-4-6-17/h2-8,14,27H,9-13,15H2,1H3. The molecule has 1 aliphatic heterocycles. The third-order valence-electron chi connectivity index (χ3n) is 5.50. The number of carbonyl (C=O) groups is 1. The molecular formula is C23H24N2O2S3. The minimum Gasteiger partial charge on any atom is -0.508 e. The smallest absolute Gasteiger partial charge is 0.219 e. The summed E-state index contributed by atoms with van der Waals surface area (Å²) in [7, 11) is 3.35. The highest BCUT2D eigenvalue weighted by Crippen LogP contribution is 2.38. The highest BCUT2D eigenvalue weighted by atomic mass is 32.9. The number of nitrogens with zero attached hydrogens (tertiary/aromatic N) is 2. The van der Waals surface area contributed by atoms with Crippen molar-refractivity contribution in [1.82, 2.24) is 9.80 Å². The molecule has 1 fully saturated rings. The Morgan fingerprint density at radius 1 is 1.07 bits per heavy atom. The van der Waals surface area contributed by atoms with Crippen LogP contribution in [0.2, 0.25) is 0 Å². The predicted octanol–water partition coefficient (Wildman–Crippen LogP) is 5.17. The Balaban J connectivity index is 1.56. The third-order valence-corrected chi connectivity index (χ3v) is 8.69. The lowest BCUT2D eigenvalue weighted by Gasteiger charge is -2.34. The van der Waals surface area contributed by atoms with Gasteiger partial charge in [-0.25, -0.2) is 0 Å². The van der Waals surface area contributed by atoms with E-state index >= 15 is 0 Å². The van der Waals surface area contributed by atoms with Crippen molar-refractivity contribution < 1.29 is 9.90 Å². The van der Waals surface area contributed by atoms with Crippen LogP contribution < -0.4 is 0 Å². The molecule has 2 aromatic carbocycles. The number of aromatic hydroxyl groups is 1. The maximum atomic E-state index is 11.5. The van der Waals surface area contributed by atoms with E-state index in [9.17, 15) is 9.90 Å². The molecule has 0 bridgehead atoms. The fraction of sp³-hybridized carbons (Fsp3) is 0.304. The first-order chi connectivity index (χ1) is 14.5. The highest BCUT2D eigenvalue weighted by Gasteiger charge is 2.20. The van der Waals surface area contributed by atoms with E-state index in [1.807, 2.05) is 17.0 Å². The number of amides is 1. The number of carbonyl (C=O) groups excluding carboxylic acids is 1. The van der Waals surface area contributed by atoms with Crippen LogP contribution in [0.4, 0.5) is 0 Å². The molecule has 3 aromatic rings. The van der Waals surface area contributed by atoms with Crippen molar-refractivity contribution in [2.75, 3.05) is 26.2 Å². The molecule has 0 saturated carbocycles. The van der Waals surface area contributed by atoms with Crippen molar-refractivity contribution >= 4 is 38.8 Å². The fourth-order valence-electron chi connectivity index (χ4n) is 3.76. The molecule has 1 saturated heterocycles. The van der Waals surface area contributed by atoms with Crippen LogP contribution in [-0.2, 0) is 17.8 Å². The Morgan fingerprint density at radius 2 is 1.80 bits per heavy atom. The molecule has 1 aromatic heterocycles. The Bertz CT molecular complexity index is 1080. The summed E-state index contributed by atoms with van der Waals surface area (Å²) in [4.78, 5) is 16.9. The van der Waals surface area contributed by atoms with Gasteiger partial charge in [-0.2, -0.15) is 0 Å². The normalized spacial score (nSPS) is 14.8. The molecule has 0 unspecified atom stereocenters. The molecule has 0 radical (unpaired) electrons. The fourth-order valence-corrected chi connectivity index (χ4v) is 6.67. The number of piperazine rings is 1. The zero-order chi connectivity index (χ0) is 21.1. The van der Waals surface area contributed by atoms with Crippen molar-refractivity contribution in [2.45, 2.75) is 19.9 Å². The van der Waals surface area contributed by atoms with E-state index in [2.05, 4.69) is 35.2 Å². The van der Waals surface area contributed by atoms with Gasteiger partial charge in [0.2, 0.25) is 5.91 Å². The molecule has 7 heteroatoms. The summed E-state index contributed by atoms with van der Waals surface area (Å²) >= 11 is 5.63. The van der Waals surface area contributed by atoms with Crippen LogP contribution in [0.1, 0.15) is 23.6 Å². The minimum atomic E-state index is 0.129. The van der Waals surface area contributed by atoms with Gasteiger partial charge in [0.15, 0.2) is 0 Å². The second-order valence-corrected chi connectivity index (χ2v) is 10.4. The molecule has 1 amide bonds. The van der Waals surface area contributed by atoms with Crippen LogP contribution in [0.3, 0.4) is 0 Å². The number of hydrogen-bond donors (Lipinski definition) is 1. The first-order valence-electron chi connectivity index (χ1n) is 9.97. The zero-order valence-electron chi connectivity index (χ0n) is 16.8. The third kappa shape index (κ3) is 4.81. The van der Waals surface area contributed by atoms with Gasteiger partial charge < -0.3 is 10.0 Å². The van der Waals surface area contributed by atoms with E-state index in [1.165, 1.54) is 16.0 Å². The summed E-state index contributed by atoms with van der Waals surface area (Å²) in [6.07, 6.45) is 0.818. The van der Waals surface area contributed by atoms with Crippen molar-refractivity contribution in [1.29, 1.82) is 0 Å². The first-order valence-corrected chi connectivity index (χ1v) is 12.5. The average molecular weight is 457 g/mol. The van der Waals surface area contributed by atoms with Gasteiger partial charge in [-0.15, -0.1) is 0 Å². The SMILES string of the molecule is CC(=O)N1CCN(Cc2cc(-c3ssc(=S)c3Cc3ccccc3)ccc2O)CC1. The average Bonchev–Trinajstić information content (AvgIpc) is 3.11. The minimum absolute atomic E-state index is 0.129. The second kappa shape index (κ2) is 9.39. The molecule has 156 valence electrons. The van der Waals surface area contributed by atoms with Crippen LogP contribution in [0, 0.1) is 3.82 Å². The molecule has 30 heavy (non-hydrogen) atoms. The van der Waals surface area contributed by atoms with E-state index in [0.29, 0.717) is 12.3 Å². The lowest BCUT2D eigenvalue weighted by Crippen LogP contribution is -2.47. The topological polar surface area (TPSA) is 43.8 Å².